The normalized spacial score (nSPS) is 10.3. The Labute approximate surface area is 118 Å². The fourth-order valence-corrected chi connectivity index (χ4v) is 3.16. The molecule has 1 heterocycles. The topological polar surface area (TPSA) is 46.3 Å². The molecule has 0 aliphatic heterocycles. The highest BCUT2D eigenvalue weighted by Gasteiger charge is 2.16. The van der Waals surface area contributed by atoms with Crippen LogP contribution in [0.1, 0.15) is 15.2 Å². The van der Waals surface area contributed by atoms with Crippen LogP contribution >= 0.6 is 27.3 Å². The van der Waals surface area contributed by atoms with E-state index in [1.807, 2.05) is 35.7 Å². The second-order valence-corrected chi connectivity index (χ2v) is 5.73. The van der Waals surface area contributed by atoms with Gasteiger partial charge in [-0.25, -0.2) is 0 Å². The summed E-state index contributed by atoms with van der Waals surface area (Å²) < 4.78 is 0.838. The Kier molecular flexibility index (Phi) is 4.04. The predicted molar refractivity (Wildman–Crippen MR) is 78.7 cm³/mol. The lowest BCUT2D eigenvalue weighted by atomic mass is 10.1. The number of hydrogen-bond donors (Lipinski definition) is 1. The second-order valence-electron chi connectivity index (χ2n) is 3.96. The summed E-state index contributed by atoms with van der Waals surface area (Å²) in [5.74, 6) is 0.000119. The van der Waals surface area contributed by atoms with Gasteiger partial charge in [-0.3, -0.25) is 4.79 Å². The highest BCUT2D eigenvalue weighted by molar-refractivity contribution is 9.10. The van der Waals surface area contributed by atoms with E-state index in [0.717, 1.165) is 10.0 Å². The predicted octanol–water partition coefficient (Wildman–Crippen LogP) is 3.37. The first-order valence-corrected chi connectivity index (χ1v) is 7.08. The minimum atomic E-state index is 0.000119. The van der Waals surface area contributed by atoms with Crippen LogP contribution < -0.4 is 5.73 Å². The van der Waals surface area contributed by atoms with Gasteiger partial charge in [0, 0.05) is 23.8 Å². The minimum absolute atomic E-state index is 0.000119. The second kappa shape index (κ2) is 5.54. The van der Waals surface area contributed by atoms with Crippen LogP contribution in [-0.4, -0.2) is 17.9 Å². The van der Waals surface area contributed by atoms with E-state index in [4.69, 9.17) is 5.73 Å². The maximum absolute atomic E-state index is 12.2. The lowest BCUT2D eigenvalue weighted by Crippen LogP contribution is -2.26. The van der Waals surface area contributed by atoms with Crippen molar-refractivity contribution >= 4 is 38.9 Å². The van der Waals surface area contributed by atoms with Crippen LogP contribution in [0, 0.1) is 0 Å². The number of benzene rings is 1. The average molecular weight is 325 g/mol. The molecule has 5 heteroatoms. The van der Waals surface area contributed by atoms with Gasteiger partial charge in [-0.05, 0) is 39.0 Å². The summed E-state index contributed by atoms with van der Waals surface area (Å²) in [6, 6.07) is 9.46. The maximum Gasteiger partial charge on any atom is 0.265 e. The van der Waals surface area contributed by atoms with E-state index in [-0.39, 0.29) is 5.91 Å². The number of nitrogen functional groups attached to an aromatic ring is 1. The number of halogens is 1. The molecular formula is C13H13BrN2OS. The van der Waals surface area contributed by atoms with E-state index >= 15 is 0 Å². The first kappa shape index (κ1) is 13.1. The number of carbonyl (C=O) groups excluding carboxylic acids is 1. The number of thiophene rings is 1. The Bertz CT molecular complexity index is 568. The van der Waals surface area contributed by atoms with Crippen LogP contribution in [0.2, 0.25) is 0 Å². The Balaban J connectivity index is 2.14. The lowest BCUT2D eigenvalue weighted by molar-refractivity contribution is 0.0789. The smallest absolute Gasteiger partial charge is 0.265 e. The van der Waals surface area contributed by atoms with E-state index in [1.165, 1.54) is 11.3 Å². The molecule has 0 saturated carbocycles. The van der Waals surface area contributed by atoms with Crippen molar-refractivity contribution in [3.63, 3.8) is 0 Å². The molecule has 0 atom stereocenters. The van der Waals surface area contributed by atoms with Gasteiger partial charge in [-0.15, -0.1) is 11.3 Å². The van der Waals surface area contributed by atoms with Crippen LogP contribution in [0.3, 0.4) is 0 Å². The molecule has 0 unspecified atom stereocenters. The molecule has 0 saturated heterocycles. The average Bonchev–Trinajstić information content (AvgIpc) is 2.77. The molecule has 0 aliphatic carbocycles. The summed E-state index contributed by atoms with van der Waals surface area (Å²) in [4.78, 5) is 14.6. The first-order chi connectivity index (χ1) is 8.59. The Morgan fingerprint density at radius 1 is 1.39 bits per heavy atom. The number of nitrogens with two attached hydrogens (primary N) is 1. The van der Waals surface area contributed by atoms with E-state index in [0.29, 0.717) is 17.1 Å². The molecule has 2 N–H and O–H groups in total. The zero-order valence-electron chi connectivity index (χ0n) is 9.89. The van der Waals surface area contributed by atoms with Crippen molar-refractivity contribution in [3.8, 4) is 0 Å². The van der Waals surface area contributed by atoms with E-state index in [9.17, 15) is 4.79 Å². The SMILES string of the molecule is CN(Cc1ccccc1N)C(=O)c1sccc1Br. The van der Waals surface area contributed by atoms with Gasteiger partial charge in [-0.1, -0.05) is 18.2 Å². The van der Waals surface area contributed by atoms with Crippen LogP contribution in [0.15, 0.2) is 40.2 Å². The highest BCUT2D eigenvalue weighted by atomic mass is 79.9. The number of rotatable bonds is 3. The van der Waals surface area contributed by atoms with Gasteiger partial charge < -0.3 is 10.6 Å². The molecule has 94 valence electrons. The van der Waals surface area contributed by atoms with Crippen molar-refractivity contribution in [3.05, 3.63) is 50.6 Å². The molecule has 0 spiro atoms. The maximum atomic E-state index is 12.2. The van der Waals surface area contributed by atoms with Crippen molar-refractivity contribution in [2.45, 2.75) is 6.54 Å². The standard InChI is InChI=1S/C13H13BrN2OS/c1-16(8-9-4-2-3-5-11(9)15)13(17)12-10(14)6-7-18-12/h2-7H,8,15H2,1H3. The molecule has 0 radical (unpaired) electrons. The van der Waals surface area contributed by atoms with Gasteiger partial charge in [0.2, 0.25) is 0 Å². The van der Waals surface area contributed by atoms with Gasteiger partial charge in [0.1, 0.15) is 4.88 Å². The number of para-hydroxylation sites is 1. The third kappa shape index (κ3) is 2.73. The Morgan fingerprint density at radius 3 is 2.72 bits per heavy atom. The quantitative estimate of drug-likeness (QED) is 0.880. The zero-order chi connectivity index (χ0) is 13.1. The summed E-state index contributed by atoms with van der Waals surface area (Å²) >= 11 is 4.80. The number of carbonyl (C=O) groups is 1. The molecular weight excluding hydrogens is 312 g/mol. The van der Waals surface area contributed by atoms with Crippen LogP contribution in [0.4, 0.5) is 5.69 Å². The molecule has 3 nitrogen and oxygen atoms in total. The largest absolute Gasteiger partial charge is 0.398 e. The summed E-state index contributed by atoms with van der Waals surface area (Å²) in [5, 5.41) is 1.89. The Morgan fingerprint density at radius 2 is 2.11 bits per heavy atom. The van der Waals surface area contributed by atoms with Gasteiger partial charge in [-0.2, -0.15) is 0 Å². The molecule has 1 aromatic heterocycles. The molecule has 0 aliphatic rings. The van der Waals surface area contributed by atoms with Crippen LogP contribution in [0.5, 0.6) is 0 Å². The third-order valence-corrected chi connectivity index (χ3v) is 4.45. The van der Waals surface area contributed by atoms with Gasteiger partial charge >= 0.3 is 0 Å². The number of hydrogen-bond acceptors (Lipinski definition) is 3. The summed E-state index contributed by atoms with van der Waals surface area (Å²) in [6.07, 6.45) is 0. The van der Waals surface area contributed by atoms with Gasteiger partial charge in [0.15, 0.2) is 0 Å². The first-order valence-electron chi connectivity index (χ1n) is 5.41. The van der Waals surface area contributed by atoms with E-state index < -0.39 is 0 Å². The number of anilines is 1. The monoisotopic (exact) mass is 324 g/mol. The molecule has 0 bridgehead atoms. The summed E-state index contributed by atoms with van der Waals surface area (Å²) in [6.45, 7) is 0.510. The van der Waals surface area contributed by atoms with Crippen molar-refractivity contribution in [1.29, 1.82) is 0 Å². The zero-order valence-corrected chi connectivity index (χ0v) is 12.3. The molecule has 18 heavy (non-hydrogen) atoms. The van der Waals surface area contributed by atoms with Crippen molar-refractivity contribution in [2.75, 3.05) is 12.8 Å². The molecule has 1 amide bonds. The molecule has 2 rings (SSSR count). The van der Waals surface area contributed by atoms with Gasteiger partial charge in [0.05, 0.1) is 0 Å². The van der Waals surface area contributed by atoms with Crippen LogP contribution in [-0.2, 0) is 6.54 Å². The Hall–Kier alpha value is -1.33. The minimum Gasteiger partial charge on any atom is -0.398 e. The van der Waals surface area contributed by atoms with E-state index in [2.05, 4.69) is 15.9 Å². The van der Waals surface area contributed by atoms with Crippen molar-refractivity contribution in [1.82, 2.24) is 4.90 Å². The van der Waals surface area contributed by atoms with Crippen molar-refractivity contribution in [2.24, 2.45) is 0 Å². The van der Waals surface area contributed by atoms with Crippen molar-refractivity contribution < 1.29 is 4.79 Å². The van der Waals surface area contributed by atoms with Crippen LogP contribution in [0.25, 0.3) is 0 Å². The number of amides is 1. The number of nitrogens with zero attached hydrogens (tertiary/aromatic N) is 1. The lowest BCUT2D eigenvalue weighted by Gasteiger charge is -2.17. The fourth-order valence-electron chi connectivity index (χ4n) is 1.63. The molecule has 2 aromatic rings. The molecule has 1 aromatic carbocycles. The van der Waals surface area contributed by atoms with E-state index in [1.54, 1.807) is 11.9 Å². The highest BCUT2D eigenvalue weighted by Crippen LogP contribution is 2.24. The van der Waals surface area contributed by atoms with Gasteiger partial charge in [0.25, 0.3) is 5.91 Å². The summed E-state index contributed by atoms with van der Waals surface area (Å²) in [5.41, 5.74) is 7.54. The fraction of sp³-hybridized carbons (Fsp3) is 0.154. The third-order valence-electron chi connectivity index (χ3n) is 2.62. The molecule has 0 fully saturated rings. The summed E-state index contributed by atoms with van der Waals surface area (Å²) in [7, 11) is 1.78.